The predicted molar refractivity (Wildman–Crippen MR) is 128 cm³/mol. The van der Waals surface area contributed by atoms with Gasteiger partial charge in [-0.3, -0.25) is 4.99 Å². The van der Waals surface area contributed by atoms with Crippen molar-refractivity contribution >= 4 is 35.0 Å². The zero-order chi connectivity index (χ0) is 20.3. The van der Waals surface area contributed by atoms with Crippen LogP contribution < -0.4 is 10.4 Å². The van der Waals surface area contributed by atoms with E-state index in [0.29, 0.717) is 0 Å². The third-order valence-electron chi connectivity index (χ3n) is 6.14. The molecule has 0 aromatic heterocycles. The maximum atomic E-state index is 6.40. The highest BCUT2D eigenvalue weighted by Gasteiger charge is 2.14. The van der Waals surface area contributed by atoms with Gasteiger partial charge in [-0.15, -0.1) is 0 Å². The zero-order valence-corrected chi connectivity index (χ0v) is 17.7. The average molecular weight is 410 g/mol. The molecule has 0 saturated carbocycles. The minimum Gasteiger partial charge on any atom is -0.269 e. The Hall–Kier alpha value is -2.90. The second kappa shape index (κ2) is 8.45. The Morgan fingerprint density at radius 1 is 0.733 bits per heavy atom. The van der Waals surface area contributed by atoms with Crippen LogP contribution in [-0.4, -0.2) is 6.21 Å². The number of rotatable bonds is 0. The minimum absolute atomic E-state index is 0.948. The van der Waals surface area contributed by atoms with E-state index in [1.165, 1.54) is 56.0 Å². The van der Waals surface area contributed by atoms with E-state index in [1.54, 1.807) is 0 Å². The number of hydrogen-bond acceptors (Lipinski definition) is 1. The first-order valence-electron chi connectivity index (χ1n) is 10.7. The molecule has 3 aromatic carbocycles. The molecule has 1 aliphatic heterocycles. The summed E-state index contributed by atoms with van der Waals surface area (Å²) >= 11 is 6.40. The van der Waals surface area contributed by atoms with Crippen molar-refractivity contribution < 1.29 is 0 Å². The van der Waals surface area contributed by atoms with Gasteiger partial charge in [0.1, 0.15) is 0 Å². The van der Waals surface area contributed by atoms with E-state index in [0.717, 1.165) is 24.3 Å². The fourth-order valence-electron chi connectivity index (χ4n) is 4.62. The van der Waals surface area contributed by atoms with Crippen LogP contribution in [0.25, 0.3) is 17.2 Å². The number of aliphatic imine (C=N–C) groups is 1. The van der Waals surface area contributed by atoms with E-state index >= 15 is 0 Å². The van der Waals surface area contributed by atoms with Crippen LogP contribution in [0.2, 0.25) is 0 Å². The number of hydrogen-bond donors (Lipinski definition) is 0. The normalized spacial score (nSPS) is 15.4. The molecule has 0 unspecified atom stereocenters. The molecular formula is C28H24ClN. The summed E-state index contributed by atoms with van der Waals surface area (Å²) in [5.74, 6) is 0. The van der Waals surface area contributed by atoms with E-state index in [4.69, 9.17) is 11.6 Å². The summed E-state index contributed by atoms with van der Waals surface area (Å²) in [5.41, 5.74) is 5.61. The summed E-state index contributed by atoms with van der Waals surface area (Å²) < 4.78 is 0. The molecule has 0 N–H and O–H groups in total. The minimum atomic E-state index is 0.948. The Morgan fingerprint density at radius 3 is 2.53 bits per heavy atom. The molecule has 0 bridgehead atoms. The Bertz CT molecular complexity index is 1380. The fourth-order valence-corrected chi connectivity index (χ4v) is 4.93. The monoisotopic (exact) mass is 409 g/mol. The first-order valence-corrected chi connectivity index (χ1v) is 11.0. The third-order valence-corrected chi connectivity index (χ3v) is 6.53. The van der Waals surface area contributed by atoms with E-state index in [1.807, 2.05) is 18.5 Å². The quantitative estimate of drug-likeness (QED) is 0.479. The van der Waals surface area contributed by atoms with Crippen LogP contribution in [0.4, 0.5) is 0 Å². The van der Waals surface area contributed by atoms with Crippen molar-refractivity contribution in [3.8, 4) is 0 Å². The van der Waals surface area contributed by atoms with Crippen LogP contribution in [0, 0.1) is 10.4 Å². The summed E-state index contributed by atoms with van der Waals surface area (Å²) in [6.07, 6.45) is 13.5. The van der Waals surface area contributed by atoms with Gasteiger partial charge in [0.25, 0.3) is 0 Å². The largest absolute Gasteiger partial charge is 0.269 e. The first-order chi connectivity index (χ1) is 14.8. The topological polar surface area (TPSA) is 12.4 Å². The highest BCUT2D eigenvalue weighted by atomic mass is 35.5. The second-order valence-electron chi connectivity index (χ2n) is 7.92. The van der Waals surface area contributed by atoms with E-state index in [2.05, 4.69) is 71.7 Å². The fraction of sp³-hybridized carbons (Fsp3) is 0.179. The average Bonchev–Trinajstić information content (AvgIpc) is 3.05. The van der Waals surface area contributed by atoms with Gasteiger partial charge >= 0.3 is 0 Å². The van der Waals surface area contributed by atoms with Crippen molar-refractivity contribution in [2.45, 2.75) is 32.1 Å². The van der Waals surface area contributed by atoms with Gasteiger partial charge in [-0.1, -0.05) is 78.3 Å². The Labute approximate surface area is 182 Å². The molecule has 30 heavy (non-hydrogen) atoms. The summed E-state index contributed by atoms with van der Waals surface area (Å²) in [4.78, 5) is 4.08. The van der Waals surface area contributed by atoms with Crippen LogP contribution in [0.15, 0.2) is 71.9 Å². The van der Waals surface area contributed by atoms with Crippen LogP contribution in [-0.2, 0) is 19.3 Å². The lowest BCUT2D eigenvalue weighted by Gasteiger charge is -2.17. The number of nitrogens with zero attached hydrogens (tertiary/aromatic N) is 1. The van der Waals surface area contributed by atoms with E-state index < -0.39 is 0 Å². The Kier molecular flexibility index (Phi) is 5.38. The molecule has 0 atom stereocenters. The van der Waals surface area contributed by atoms with Crippen molar-refractivity contribution in [1.82, 2.24) is 0 Å². The van der Waals surface area contributed by atoms with Crippen molar-refractivity contribution in [2.75, 3.05) is 0 Å². The molecule has 0 radical (unpaired) electrons. The molecule has 2 heteroatoms. The lowest BCUT2D eigenvalue weighted by atomic mass is 9.89. The maximum absolute atomic E-state index is 6.40. The molecule has 0 amide bonds. The SMILES string of the molecule is C1=Cc2ccccc2CC=N1.ClC1=c2ccc3c(c2CCC1)CC=c1ccccc1=3. The highest BCUT2D eigenvalue weighted by molar-refractivity contribution is 6.45. The number of halogens is 1. The second-order valence-corrected chi connectivity index (χ2v) is 8.38. The van der Waals surface area contributed by atoms with Crippen LogP contribution >= 0.6 is 11.6 Å². The Morgan fingerprint density at radius 2 is 1.57 bits per heavy atom. The smallest absolute Gasteiger partial charge is 0.0270 e. The summed E-state index contributed by atoms with van der Waals surface area (Å²) in [5, 5.41) is 6.47. The molecule has 0 spiro atoms. The van der Waals surface area contributed by atoms with Crippen LogP contribution in [0.3, 0.4) is 0 Å². The van der Waals surface area contributed by atoms with Crippen molar-refractivity contribution in [2.24, 2.45) is 4.99 Å². The highest BCUT2D eigenvalue weighted by Crippen LogP contribution is 2.22. The first kappa shape index (κ1) is 19.1. The van der Waals surface area contributed by atoms with Gasteiger partial charge in [-0.2, -0.15) is 0 Å². The summed E-state index contributed by atoms with van der Waals surface area (Å²) in [6, 6.07) is 21.5. The van der Waals surface area contributed by atoms with Gasteiger partial charge in [-0.25, -0.2) is 0 Å². The maximum Gasteiger partial charge on any atom is 0.0270 e. The van der Waals surface area contributed by atoms with Gasteiger partial charge in [0, 0.05) is 23.9 Å². The van der Waals surface area contributed by atoms with Gasteiger partial charge in [0.2, 0.25) is 0 Å². The van der Waals surface area contributed by atoms with Crippen molar-refractivity contribution in [3.63, 3.8) is 0 Å². The molecule has 1 nitrogen and oxygen atoms in total. The summed E-state index contributed by atoms with van der Waals surface area (Å²) in [7, 11) is 0. The third kappa shape index (κ3) is 3.66. The molecule has 6 rings (SSSR count). The summed E-state index contributed by atoms with van der Waals surface area (Å²) in [6.45, 7) is 0. The molecule has 0 fully saturated rings. The molecular weight excluding hydrogens is 386 g/mol. The Balaban J connectivity index is 0.000000149. The molecule has 3 aromatic rings. The predicted octanol–water partition coefficient (Wildman–Crippen LogP) is 5.28. The molecule has 1 heterocycles. The molecule has 3 aliphatic rings. The van der Waals surface area contributed by atoms with Crippen molar-refractivity contribution in [1.29, 1.82) is 0 Å². The van der Waals surface area contributed by atoms with E-state index in [9.17, 15) is 0 Å². The van der Waals surface area contributed by atoms with E-state index in [-0.39, 0.29) is 0 Å². The van der Waals surface area contributed by atoms with Gasteiger partial charge < -0.3 is 0 Å². The van der Waals surface area contributed by atoms with Gasteiger partial charge in [0.15, 0.2) is 0 Å². The lowest BCUT2D eigenvalue weighted by Crippen LogP contribution is -2.21. The standard InChI is InChI=1S/C18H15Cl.C10H9N/c19-18-7-3-6-14-16-9-8-12-4-1-2-5-13(12)15(16)10-11-17(14)18;1-2-4-10-6-8-11-7-5-9(10)3-1/h1-2,4-5,8,10-11H,3,6-7,9H2;1-5,7-8H,6H2. The van der Waals surface area contributed by atoms with Crippen LogP contribution in [0.1, 0.15) is 35.1 Å². The van der Waals surface area contributed by atoms with Crippen molar-refractivity contribution in [3.05, 3.63) is 110 Å². The lowest BCUT2D eigenvalue weighted by molar-refractivity contribution is 0.819. The number of benzene rings is 3. The molecule has 148 valence electrons. The molecule has 0 saturated heterocycles. The van der Waals surface area contributed by atoms with Gasteiger partial charge in [-0.05, 0) is 74.9 Å². The van der Waals surface area contributed by atoms with Crippen LogP contribution in [0.5, 0.6) is 0 Å². The van der Waals surface area contributed by atoms with Gasteiger partial charge in [0.05, 0.1) is 0 Å². The molecule has 2 aliphatic carbocycles. The number of fused-ring (bicyclic) bond motifs is 5. The zero-order valence-electron chi connectivity index (χ0n) is 16.9.